The maximum atomic E-state index is 12.7. The van der Waals surface area contributed by atoms with Gasteiger partial charge in [-0.1, -0.05) is 25.1 Å². The van der Waals surface area contributed by atoms with Gasteiger partial charge >= 0.3 is 5.97 Å². The SMILES string of the molecule is CC[C@@H](Oc1ccccc1)C(=O)O[C@@H](C)C(=O)c1[nH]c(C)c(C(C)=O)c1C. The molecule has 144 valence electrons. The van der Waals surface area contributed by atoms with Gasteiger partial charge in [-0.3, -0.25) is 9.59 Å². The zero-order chi connectivity index (χ0) is 20.1. The highest BCUT2D eigenvalue weighted by atomic mass is 16.6. The monoisotopic (exact) mass is 371 g/mol. The zero-order valence-corrected chi connectivity index (χ0v) is 16.3. The molecule has 0 saturated heterocycles. The Balaban J connectivity index is 2.10. The van der Waals surface area contributed by atoms with Gasteiger partial charge in [0.25, 0.3) is 0 Å². The van der Waals surface area contributed by atoms with E-state index in [4.69, 9.17) is 9.47 Å². The van der Waals surface area contributed by atoms with Crippen LogP contribution >= 0.6 is 0 Å². The average Bonchev–Trinajstić information content (AvgIpc) is 2.93. The van der Waals surface area contributed by atoms with Crippen LogP contribution in [-0.2, 0) is 9.53 Å². The van der Waals surface area contributed by atoms with E-state index in [1.165, 1.54) is 13.8 Å². The Morgan fingerprint density at radius 3 is 2.26 bits per heavy atom. The molecule has 0 amide bonds. The highest BCUT2D eigenvalue weighted by Gasteiger charge is 2.29. The predicted molar refractivity (Wildman–Crippen MR) is 101 cm³/mol. The van der Waals surface area contributed by atoms with Crippen LogP contribution in [0, 0.1) is 13.8 Å². The first-order valence-corrected chi connectivity index (χ1v) is 8.92. The number of hydrogen-bond donors (Lipinski definition) is 1. The Hall–Kier alpha value is -2.89. The fourth-order valence-corrected chi connectivity index (χ4v) is 2.99. The van der Waals surface area contributed by atoms with Crippen molar-refractivity contribution in [2.75, 3.05) is 0 Å². The third kappa shape index (κ3) is 4.64. The molecule has 0 radical (unpaired) electrons. The summed E-state index contributed by atoms with van der Waals surface area (Å²) >= 11 is 0. The molecule has 6 heteroatoms. The lowest BCUT2D eigenvalue weighted by Crippen LogP contribution is -2.34. The number of carbonyl (C=O) groups excluding carboxylic acids is 3. The van der Waals surface area contributed by atoms with Crippen molar-refractivity contribution in [2.24, 2.45) is 0 Å². The van der Waals surface area contributed by atoms with Gasteiger partial charge in [-0.2, -0.15) is 0 Å². The molecule has 0 saturated carbocycles. The number of para-hydroxylation sites is 1. The lowest BCUT2D eigenvalue weighted by atomic mass is 10.0. The molecule has 1 N–H and O–H groups in total. The van der Waals surface area contributed by atoms with E-state index in [9.17, 15) is 14.4 Å². The summed E-state index contributed by atoms with van der Waals surface area (Å²) in [7, 11) is 0. The summed E-state index contributed by atoms with van der Waals surface area (Å²) < 4.78 is 11.0. The van der Waals surface area contributed by atoms with Crippen LogP contribution in [0.4, 0.5) is 0 Å². The van der Waals surface area contributed by atoms with E-state index >= 15 is 0 Å². The van der Waals surface area contributed by atoms with Crippen molar-refractivity contribution in [2.45, 2.75) is 53.2 Å². The van der Waals surface area contributed by atoms with Crippen molar-refractivity contribution in [1.29, 1.82) is 0 Å². The lowest BCUT2D eigenvalue weighted by molar-refractivity contribution is -0.154. The number of hydrogen-bond acceptors (Lipinski definition) is 5. The second-order valence-corrected chi connectivity index (χ2v) is 6.45. The predicted octanol–water partition coefficient (Wildman–Crippen LogP) is 3.81. The first kappa shape index (κ1) is 20.4. The number of carbonyl (C=O) groups is 3. The number of ether oxygens (including phenoxy) is 2. The van der Waals surface area contributed by atoms with Gasteiger partial charge in [0, 0.05) is 11.3 Å². The molecule has 1 aromatic heterocycles. The highest BCUT2D eigenvalue weighted by molar-refractivity contribution is 6.05. The third-order valence-corrected chi connectivity index (χ3v) is 4.35. The van der Waals surface area contributed by atoms with Gasteiger partial charge in [-0.25, -0.2) is 4.79 Å². The van der Waals surface area contributed by atoms with Crippen LogP contribution in [0.15, 0.2) is 30.3 Å². The van der Waals surface area contributed by atoms with Crippen LogP contribution in [0.3, 0.4) is 0 Å². The molecule has 2 atom stereocenters. The smallest absolute Gasteiger partial charge is 0.348 e. The van der Waals surface area contributed by atoms with Crippen molar-refractivity contribution >= 4 is 17.5 Å². The second kappa shape index (κ2) is 8.66. The molecule has 0 spiro atoms. The molecule has 1 aromatic carbocycles. The molecule has 0 aliphatic carbocycles. The van der Waals surface area contributed by atoms with E-state index < -0.39 is 18.2 Å². The van der Waals surface area contributed by atoms with E-state index in [1.807, 2.05) is 18.2 Å². The van der Waals surface area contributed by atoms with E-state index in [-0.39, 0.29) is 17.3 Å². The van der Waals surface area contributed by atoms with Gasteiger partial charge in [0.1, 0.15) is 5.75 Å². The van der Waals surface area contributed by atoms with Crippen molar-refractivity contribution in [3.05, 3.63) is 52.8 Å². The van der Waals surface area contributed by atoms with Crippen LogP contribution in [0.2, 0.25) is 0 Å². The van der Waals surface area contributed by atoms with E-state index in [1.54, 1.807) is 32.9 Å². The van der Waals surface area contributed by atoms with Gasteiger partial charge in [0.05, 0.1) is 5.69 Å². The number of benzene rings is 1. The Bertz CT molecular complexity index is 838. The summed E-state index contributed by atoms with van der Waals surface area (Å²) in [4.78, 5) is 39.8. The number of ketones is 2. The molecule has 2 aromatic rings. The number of rotatable bonds is 8. The van der Waals surface area contributed by atoms with Crippen molar-refractivity contribution in [1.82, 2.24) is 4.98 Å². The average molecular weight is 371 g/mol. The van der Waals surface area contributed by atoms with Crippen molar-refractivity contribution in [3.8, 4) is 5.75 Å². The standard InChI is InChI=1S/C21H25NO5/c1-6-17(27-16-10-8-7-9-11-16)21(25)26-15(5)20(24)19-12(2)18(14(4)23)13(3)22-19/h7-11,15,17,22H,6H2,1-5H3/t15-,17+/m0/s1. The molecule has 0 fully saturated rings. The Morgan fingerprint density at radius 1 is 1.11 bits per heavy atom. The topological polar surface area (TPSA) is 85.5 Å². The first-order valence-electron chi connectivity index (χ1n) is 8.92. The summed E-state index contributed by atoms with van der Waals surface area (Å²) in [5.74, 6) is -0.546. The summed E-state index contributed by atoms with van der Waals surface area (Å²) in [6.45, 7) is 8.21. The van der Waals surface area contributed by atoms with Crippen LogP contribution < -0.4 is 4.74 Å². The Kier molecular flexibility index (Phi) is 6.55. The molecule has 0 aliphatic rings. The number of esters is 1. The minimum absolute atomic E-state index is 0.118. The Labute approximate surface area is 158 Å². The van der Waals surface area contributed by atoms with Crippen LogP contribution in [0.5, 0.6) is 5.75 Å². The molecule has 6 nitrogen and oxygen atoms in total. The second-order valence-electron chi connectivity index (χ2n) is 6.45. The fourth-order valence-electron chi connectivity index (χ4n) is 2.99. The van der Waals surface area contributed by atoms with Crippen molar-refractivity contribution in [3.63, 3.8) is 0 Å². The van der Waals surface area contributed by atoms with Gasteiger partial charge in [-0.15, -0.1) is 0 Å². The number of aromatic nitrogens is 1. The molecule has 1 heterocycles. The zero-order valence-electron chi connectivity index (χ0n) is 16.3. The first-order chi connectivity index (χ1) is 12.8. The molecule has 0 aliphatic heterocycles. The van der Waals surface area contributed by atoms with Gasteiger partial charge in [0.15, 0.2) is 18.0 Å². The number of aromatic amines is 1. The number of H-pyrrole nitrogens is 1. The van der Waals surface area contributed by atoms with Gasteiger partial charge < -0.3 is 14.5 Å². The summed E-state index contributed by atoms with van der Waals surface area (Å²) in [5, 5.41) is 0. The molecular weight excluding hydrogens is 346 g/mol. The minimum Gasteiger partial charge on any atom is -0.479 e. The number of Topliss-reactive ketones (excluding diaryl/α,β-unsaturated/α-hetero) is 2. The van der Waals surface area contributed by atoms with E-state index in [0.29, 0.717) is 29.0 Å². The summed E-state index contributed by atoms with van der Waals surface area (Å²) in [6.07, 6.45) is -1.39. The molecule has 2 rings (SSSR count). The Morgan fingerprint density at radius 2 is 1.74 bits per heavy atom. The number of nitrogens with one attached hydrogen (secondary N) is 1. The molecular formula is C21H25NO5. The molecule has 27 heavy (non-hydrogen) atoms. The summed E-state index contributed by atoms with van der Waals surface area (Å²) in [5.41, 5.74) is 1.98. The van der Waals surface area contributed by atoms with Crippen LogP contribution in [0.1, 0.15) is 59.3 Å². The molecule has 0 unspecified atom stereocenters. The molecule has 0 bridgehead atoms. The quantitative estimate of drug-likeness (QED) is 0.563. The lowest BCUT2D eigenvalue weighted by Gasteiger charge is -2.19. The van der Waals surface area contributed by atoms with Gasteiger partial charge in [-0.05, 0) is 51.8 Å². The highest BCUT2D eigenvalue weighted by Crippen LogP contribution is 2.21. The maximum absolute atomic E-state index is 12.7. The summed E-state index contributed by atoms with van der Waals surface area (Å²) in [6, 6.07) is 8.96. The fraction of sp³-hybridized carbons (Fsp3) is 0.381. The minimum atomic E-state index is -0.998. The number of aryl methyl sites for hydroxylation is 1. The third-order valence-electron chi connectivity index (χ3n) is 4.35. The van der Waals surface area contributed by atoms with Crippen molar-refractivity contribution < 1.29 is 23.9 Å². The van der Waals surface area contributed by atoms with E-state index in [2.05, 4.69) is 4.98 Å². The van der Waals surface area contributed by atoms with Gasteiger partial charge in [0.2, 0.25) is 5.78 Å². The van der Waals surface area contributed by atoms with Crippen LogP contribution in [0.25, 0.3) is 0 Å². The van der Waals surface area contributed by atoms with Crippen LogP contribution in [-0.4, -0.2) is 34.7 Å². The maximum Gasteiger partial charge on any atom is 0.348 e. The largest absolute Gasteiger partial charge is 0.479 e. The normalized spacial score (nSPS) is 12.9. The van der Waals surface area contributed by atoms with E-state index in [0.717, 1.165) is 0 Å².